The van der Waals surface area contributed by atoms with Crippen LogP contribution >= 0.6 is 0 Å². The van der Waals surface area contributed by atoms with Gasteiger partial charge in [-0.3, -0.25) is 9.59 Å². The average molecular weight is 344 g/mol. The van der Waals surface area contributed by atoms with Gasteiger partial charge in [0, 0.05) is 24.2 Å². The Balaban J connectivity index is 1.52. The predicted molar refractivity (Wildman–Crippen MR) is 91.8 cm³/mol. The highest BCUT2D eigenvalue weighted by atomic mass is 16.6. The van der Waals surface area contributed by atoms with Crippen LogP contribution in [-0.2, 0) is 19.1 Å². The Morgan fingerprint density at radius 1 is 1.20 bits per heavy atom. The molecule has 0 aromatic rings. The molecular weight excluding hydrogens is 316 g/mol. The van der Waals surface area contributed by atoms with Gasteiger partial charge in [0.2, 0.25) is 0 Å². The molecule has 4 fully saturated rings. The maximum Gasteiger partial charge on any atom is 0.302 e. The Labute approximate surface area is 149 Å². The van der Waals surface area contributed by atoms with Crippen LogP contribution in [0, 0.1) is 22.7 Å². The number of ether oxygens (including phenoxy) is 2. The molecule has 0 aromatic heterocycles. The fraction of sp³-hybridized carbons (Fsp3) is 0.810. The molecule has 0 aromatic carbocycles. The van der Waals surface area contributed by atoms with Gasteiger partial charge < -0.3 is 9.47 Å². The van der Waals surface area contributed by atoms with Crippen LogP contribution in [0.2, 0.25) is 0 Å². The minimum Gasteiger partial charge on any atom is -0.462 e. The Morgan fingerprint density at radius 3 is 2.76 bits per heavy atom. The van der Waals surface area contributed by atoms with Gasteiger partial charge in [0.05, 0.1) is 6.10 Å². The zero-order chi connectivity index (χ0) is 17.6. The van der Waals surface area contributed by atoms with Crippen LogP contribution in [0.15, 0.2) is 11.6 Å². The van der Waals surface area contributed by atoms with E-state index in [1.54, 1.807) is 0 Å². The summed E-state index contributed by atoms with van der Waals surface area (Å²) in [6.45, 7) is 6.19. The number of rotatable bonds is 1. The molecule has 136 valence electrons. The van der Waals surface area contributed by atoms with Crippen molar-refractivity contribution in [3.8, 4) is 0 Å². The molecular formula is C21H28O4. The number of fused-ring (bicyclic) bond motifs is 3. The lowest BCUT2D eigenvalue weighted by molar-refractivity contribution is -0.155. The lowest BCUT2D eigenvalue weighted by Crippen LogP contribution is -2.58. The summed E-state index contributed by atoms with van der Waals surface area (Å²) in [4.78, 5) is 23.5. The molecule has 5 aliphatic rings. The van der Waals surface area contributed by atoms with Gasteiger partial charge in [-0.05, 0) is 56.4 Å². The molecule has 7 atom stereocenters. The molecule has 1 saturated heterocycles. The van der Waals surface area contributed by atoms with E-state index in [0.717, 1.165) is 38.5 Å². The van der Waals surface area contributed by atoms with E-state index in [2.05, 4.69) is 13.8 Å². The van der Waals surface area contributed by atoms with Crippen molar-refractivity contribution in [3.05, 3.63) is 11.6 Å². The smallest absolute Gasteiger partial charge is 0.302 e. The van der Waals surface area contributed by atoms with E-state index in [0.29, 0.717) is 18.3 Å². The second kappa shape index (κ2) is 4.76. The fourth-order valence-corrected chi connectivity index (χ4v) is 7.36. The standard InChI is InChI=1S/C21H28O4/c1-12(22)24-17-7-6-15-16-5-4-13-10-14(23)8-9-20(13,3)21(16)18(25-21)11-19(15,17)2/h10,15-18H,4-9,11H2,1-3H3. The van der Waals surface area contributed by atoms with E-state index >= 15 is 0 Å². The van der Waals surface area contributed by atoms with E-state index in [-0.39, 0.29) is 40.4 Å². The van der Waals surface area contributed by atoms with Crippen LogP contribution in [-0.4, -0.2) is 29.6 Å². The van der Waals surface area contributed by atoms with E-state index in [1.165, 1.54) is 12.5 Å². The summed E-state index contributed by atoms with van der Waals surface area (Å²) in [5.41, 5.74) is 1.34. The fourth-order valence-electron chi connectivity index (χ4n) is 7.36. The molecule has 1 aliphatic heterocycles. The van der Waals surface area contributed by atoms with Crippen molar-refractivity contribution in [3.63, 3.8) is 0 Å². The third-order valence-corrected chi connectivity index (χ3v) is 8.55. The first-order valence-electron chi connectivity index (χ1n) is 9.90. The Bertz CT molecular complexity index is 696. The molecule has 0 radical (unpaired) electrons. The summed E-state index contributed by atoms with van der Waals surface area (Å²) in [7, 11) is 0. The molecule has 25 heavy (non-hydrogen) atoms. The Morgan fingerprint density at radius 2 is 2.00 bits per heavy atom. The number of ketones is 1. The first kappa shape index (κ1) is 16.0. The molecule has 4 aliphatic carbocycles. The monoisotopic (exact) mass is 344 g/mol. The number of carbonyl (C=O) groups excluding carboxylic acids is 2. The van der Waals surface area contributed by atoms with Crippen molar-refractivity contribution in [2.75, 3.05) is 0 Å². The van der Waals surface area contributed by atoms with Gasteiger partial charge in [-0.2, -0.15) is 0 Å². The highest BCUT2D eigenvalue weighted by molar-refractivity contribution is 5.91. The molecule has 4 nitrogen and oxygen atoms in total. The SMILES string of the molecule is CC(=O)OC1CCC2C3CCC4=CC(=O)CCC4(C)C34OC4CC12C. The predicted octanol–water partition coefficient (Wildman–Crippen LogP) is 3.58. The van der Waals surface area contributed by atoms with E-state index in [9.17, 15) is 9.59 Å². The number of hydrogen-bond acceptors (Lipinski definition) is 4. The number of epoxide rings is 1. The summed E-state index contributed by atoms with van der Waals surface area (Å²) in [5, 5.41) is 0. The highest BCUT2D eigenvalue weighted by Crippen LogP contribution is 2.75. The van der Waals surface area contributed by atoms with Gasteiger partial charge >= 0.3 is 5.97 Å². The zero-order valence-corrected chi connectivity index (χ0v) is 15.5. The second-order valence-electron chi connectivity index (χ2n) is 9.50. The summed E-state index contributed by atoms with van der Waals surface area (Å²) in [6, 6.07) is 0. The second-order valence-corrected chi connectivity index (χ2v) is 9.50. The summed E-state index contributed by atoms with van der Waals surface area (Å²) in [5.74, 6) is 1.22. The van der Waals surface area contributed by atoms with E-state index < -0.39 is 0 Å². The molecule has 1 spiro atoms. The lowest BCUT2D eigenvalue weighted by Gasteiger charge is -2.55. The van der Waals surface area contributed by atoms with Gasteiger partial charge in [-0.1, -0.05) is 19.4 Å². The normalized spacial score (nSPS) is 53.1. The topological polar surface area (TPSA) is 55.9 Å². The number of hydrogen-bond donors (Lipinski definition) is 0. The molecule has 0 N–H and O–H groups in total. The van der Waals surface area contributed by atoms with Gasteiger partial charge in [-0.15, -0.1) is 0 Å². The van der Waals surface area contributed by atoms with Gasteiger partial charge in [0.25, 0.3) is 0 Å². The minimum atomic E-state index is -0.160. The number of esters is 1. The Kier molecular flexibility index (Phi) is 3.06. The maximum atomic E-state index is 12.0. The van der Waals surface area contributed by atoms with Crippen LogP contribution in [0.1, 0.15) is 65.7 Å². The quantitative estimate of drug-likeness (QED) is 0.539. The van der Waals surface area contributed by atoms with Crippen molar-refractivity contribution in [2.24, 2.45) is 22.7 Å². The molecule has 1 heterocycles. The van der Waals surface area contributed by atoms with Gasteiger partial charge in [0.15, 0.2) is 5.78 Å². The zero-order valence-electron chi connectivity index (χ0n) is 15.5. The molecule has 5 rings (SSSR count). The first-order valence-corrected chi connectivity index (χ1v) is 9.90. The lowest BCUT2D eigenvalue weighted by atomic mass is 9.47. The van der Waals surface area contributed by atoms with Crippen LogP contribution in [0.4, 0.5) is 0 Å². The van der Waals surface area contributed by atoms with Gasteiger partial charge in [-0.25, -0.2) is 0 Å². The van der Waals surface area contributed by atoms with Crippen LogP contribution in [0.3, 0.4) is 0 Å². The van der Waals surface area contributed by atoms with Crippen LogP contribution < -0.4 is 0 Å². The molecule has 0 bridgehead atoms. The third kappa shape index (κ3) is 1.82. The minimum absolute atomic E-state index is 0.0232. The molecule has 4 heteroatoms. The highest BCUT2D eigenvalue weighted by Gasteiger charge is 2.79. The third-order valence-electron chi connectivity index (χ3n) is 8.55. The van der Waals surface area contributed by atoms with Crippen molar-refractivity contribution in [1.29, 1.82) is 0 Å². The Hall–Kier alpha value is -1.16. The summed E-state index contributed by atoms with van der Waals surface area (Å²) < 4.78 is 12.3. The van der Waals surface area contributed by atoms with Gasteiger partial charge in [0.1, 0.15) is 11.7 Å². The van der Waals surface area contributed by atoms with Crippen LogP contribution in [0.25, 0.3) is 0 Å². The summed E-state index contributed by atoms with van der Waals surface area (Å²) >= 11 is 0. The largest absolute Gasteiger partial charge is 0.462 e. The molecule has 3 saturated carbocycles. The average Bonchev–Trinajstić information content (AvgIpc) is 3.17. The van der Waals surface area contributed by atoms with Crippen LogP contribution in [0.5, 0.6) is 0 Å². The van der Waals surface area contributed by atoms with Crippen molar-refractivity contribution in [1.82, 2.24) is 0 Å². The first-order chi connectivity index (χ1) is 11.8. The molecule has 7 unspecified atom stereocenters. The van der Waals surface area contributed by atoms with Crippen molar-refractivity contribution < 1.29 is 19.1 Å². The van der Waals surface area contributed by atoms with E-state index in [4.69, 9.17) is 9.47 Å². The van der Waals surface area contributed by atoms with E-state index in [1.807, 2.05) is 6.08 Å². The summed E-state index contributed by atoms with van der Waals surface area (Å²) in [6.07, 6.45) is 9.05. The molecule has 0 amide bonds. The maximum absolute atomic E-state index is 12.0. The number of carbonyl (C=O) groups is 2. The van der Waals surface area contributed by atoms with Crippen molar-refractivity contribution in [2.45, 2.75) is 83.5 Å². The van der Waals surface area contributed by atoms with Crippen molar-refractivity contribution >= 4 is 11.8 Å².